The lowest BCUT2D eigenvalue weighted by Gasteiger charge is -2.29. The molecule has 2 aromatic rings. The summed E-state index contributed by atoms with van der Waals surface area (Å²) in [6, 6.07) is 7.82. The molecule has 0 saturated carbocycles. The zero-order valence-electron chi connectivity index (χ0n) is 17.8. The first-order chi connectivity index (χ1) is 14.1. The number of morpholine rings is 1. The summed E-state index contributed by atoms with van der Waals surface area (Å²) in [5.41, 5.74) is 4.16. The summed E-state index contributed by atoms with van der Waals surface area (Å²) in [7, 11) is 2.01. The maximum Gasteiger partial charge on any atom is 0.251 e. The van der Waals surface area contributed by atoms with Crippen LogP contribution in [0, 0.1) is 6.92 Å². The molecule has 1 aromatic carbocycles. The van der Waals surface area contributed by atoms with E-state index in [4.69, 9.17) is 4.74 Å². The Balaban J connectivity index is 1.55. The minimum atomic E-state index is -0.000836. The molecule has 0 aliphatic carbocycles. The Bertz CT molecular complexity index is 794. The molecular formula is C22H33N5O2. The number of hydrogen-bond donors (Lipinski definition) is 2. The summed E-state index contributed by atoms with van der Waals surface area (Å²) in [5, 5.41) is 11.1. The van der Waals surface area contributed by atoms with E-state index in [0.717, 1.165) is 70.0 Å². The second-order valence-corrected chi connectivity index (χ2v) is 7.52. The van der Waals surface area contributed by atoms with Gasteiger partial charge in [-0.1, -0.05) is 25.5 Å². The van der Waals surface area contributed by atoms with Crippen LogP contribution >= 0.6 is 0 Å². The van der Waals surface area contributed by atoms with Crippen LogP contribution in [0.4, 0.5) is 5.82 Å². The number of aryl methyl sites for hydroxylation is 2. The van der Waals surface area contributed by atoms with Crippen LogP contribution in [0.5, 0.6) is 0 Å². The van der Waals surface area contributed by atoms with E-state index in [1.807, 2.05) is 36.0 Å². The van der Waals surface area contributed by atoms with Gasteiger partial charge in [-0.15, -0.1) is 0 Å². The van der Waals surface area contributed by atoms with Crippen LogP contribution < -0.4 is 15.5 Å². The van der Waals surface area contributed by atoms with Crippen molar-refractivity contribution in [3.8, 4) is 0 Å². The highest BCUT2D eigenvalue weighted by atomic mass is 16.5. The SMILES string of the molecule is CCCCNC(=O)c1ccc(CNCc2c(C)nn(C)c2N2CCOCC2)cc1. The van der Waals surface area contributed by atoms with Gasteiger partial charge in [0.2, 0.25) is 0 Å². The lowest BCUT2D eigenvalue weighted by molar-refractivity contribution is 0.0953. The number of anilines is 1. The molecule has 1 amide bonds. The standard InChI is InChI=1S/C22H33N5O2/c1-4-5-10-24-21(28)19-8-6-18(7-9-19)15-23-16-20-17(2)25-26(3)22(20)27-11-13-29-14-12-27/h6-9,23H,4-5,10-16H2,1-3H3,(H,24,28). The number of amides is 1. The molecule has 0 radical (unpaired) electrons. The van der Waals surface area contributed by atoms with Crippen molar-refractivity contribution >= 4 is 11.7 Å². The first-order valence-electron chi connectivity index (χ1n) is 10.5. The lowest BCUT2D eigenvalue weighted by Crippen LogP contribution is -2.38. The van der Waals surface area contributed by atoms with E-state index in [0.29, 0.717) is 5.56 Å². The smallest absolute Gasteiger partial charge is 0.251 e. The summed E-state index contributed by atoms with van der Waals surface area (Å²) in [6.07, 6.45) is 2.09. The monoisotopic (exact) mass is 399 g/mol. The molecule has 0 atom stereocenters. The van der Waals surface area contributed by atoms with Gasteiger partial charge in [0, 0.05) is 50.9 Å². The van der Waals surface area contributed by atoms with E-state index in [-0.39, 0.29) is 5.91 Å². The van der Waals surface area contributed by atoms with Gasteiger partial charge in [0.15, 0.2) is 0 Å². The number of carbonyl (C=O) groups is 1. The molecule has 1 aliphatic rings. The van der Waals surface area contributed by atoms with Crippen molar-refractivity contribution in [1.29, 1.82) is 0 Å². The van der Waals surface area contributed by atoms with Crippen LogP contribution in [0.3, 0.4) is 0 Å². The topological polar surface area (TPSA) is 71.4 Å². The summed E-state index contributed by atoms with van der Waals surface area (Å²) in [4.78, 5) is 14.5. The minimum absolute atomic E-state index is 0.000836. The summed E-state index contributed by atoms with van der Waals surface area (Å²) >= 11 is 0. The molecule has 0 spiro atoms. The fraction of sp³-hybridized carbons (Fsp3) is 0.545. The third-order valence-corrected chi connectivity index (χ3v) is 5.29. The Hall–Kier alpha value is -2.38. The van der Waals surface area contributed by atoms with Crippen molar-refractivity contribution in [2.45, 2.75) is 39.8 Å². The molecule has 158 valence electrons. The molecule has 1 aliphatic heterocycles. The van der Waals surface area contributed by atoms with Crippen LogP contribution in [0.1, 0.15) is 46.9 Å². The maximum atomic E-state index is 12.1. The summed E-state index contributed by atoms with van der Waals surface area (Å²) < 4.78 is 7.46. The van der Waals surface area contributed by atoms with Crippen molar-refractivity contribution in [3.05, 3.63) is 46.6 Å². The van der Waals surface area contributed by atoms with Crippen LogP contribution in [-0.4, -0.2) is 48.5 Å². The average molecular weight is 400 g/mol. The fourth-order valence-electron chi connectivity index (χ4n) is 3.65. The van der Waals surface area contributed by atoms with E-state index in [9.17, 15) is 4.79 Å². The number of nitrogens with zero attached hydrogens (tertiary/aromatic N) is 3. The van der Waals surface area contributed by atoms with E-state index in [2.05, 4.69) is 34.5 Å². The van der Waals surface area contributed by atoms with Crippen molar-refractivity contribution < 1.29 is 9.53 Å². The largest absolute Gasteiger partial charge is 0.378 e. The Labute approximate surface area is 173 Å². The highest BCUT2D eigenvalue weighted by Crippen LogP contribution is 2.24. The number of benzene rings is 1. The molecule has 3 rings (SSSR count). The molecule has 0 bridgehead atoms. The molecule has 7 nitrogen and oxygen atoms in total. The van der Waals surface area contributed by atoms with Crippen LogP contribution in [-0.2, 0) is 24.9 Å². The molecule has 1 fully saturated rings. The van der Waals surface area contributed by atoms with Gasteiger partial charge in [-0.25, -0.2) is 0 Å². The molecule has 2 N–H and O–H groups in total. The van der Waals surface area contributed by atoms with Crippen molar-refractivity contribution in [2.24, 2.45) is 7.05 Å². The van der Waals surface area contributed by atoms with E-state index >= 15 is 0 Å². The highest BCUT2D eigenvalue weighted by molar-refractivity contribution is 5.94. The fourth-order valence-corrected chi connectivity index (χ4v) is 3.65. The van der Waals surface area contributed by atoms with Crippen LogP contribution in [0.25, 0.3) is 0 Å². The van der Waals surface area contributed by atoms with Crippen molar-refractivity contribution in [3.63, 3.8) is 0 Å². The Morgan fingerprint density at radius 1 is 1.17 bits per heavy atom. The third-order valence-electron chi connectivity index (χ3n) is 5.29. The number of carbonyl (C=O) groups excluding carboxylic acids is 1. The van der Waals surface area contributed by atoms with Crippen molar-refractivity contribution in [1.82, 2.24) is 20.4 Å². The van der Waals surface area contributed by atoms with Gasteiger partial charge in [-0.05, 0) is 31.0 Å². The molecule has 2 heterocycles. The Kier molecular flexibility index (Phi) is 7.66. The molecular weight excluding hydrogens is 366 g/mol. The normalized spacial score (nSPS) is 14.2. The highest BCUT2D eigenvalue weighted by Gasteiger charge is 2.21. The molecule has 29 heavy (non-hydrogen) atoms. The van der Waals surface area contributed by atoms with E-state index in [1.54, 1.807) is 0 Å². The number of ether oxygens (including phenoxy) is 1. The predicted octanol–water partition coefficient (Wildman–Crippen LogP) is 2.38. The first kappa shape index (κ1) is 21.3. The third kappa shape index (κ3) is 5.58. The summed E-state index contributed by atoms with van der Waals surface area (Å²) in [6.45, 7) is 9.72. The van der Waals surface area contributed by atoms with E-state index < -0.39 is 0 Å². The maximum absolute atomic E-state index is 12.1. The zero-order valence-corrected chi connectivity index (χ0v) is 17.8. The van der Waals surface area contributed by atoms with Gasteiger partial charge >= 0.3 is 0 Å². The van der Waals surface area contributed by atoms with E-state index in [1.165, 1.54) is 11.4 Å². The van der Waals surface area contributed by atoms with Gasteiger partial charge in [0.05, 0.1) is 18.9 Å². The predicted molar refractivity (Wildman–Crippen MR) is 115 cm³/mol. The Morgan fingerprint density at radius 3 is 2.59 bits per heavy atom. The second-order valence-electron chi connectivity index (χ2n) is 7.52. The number of unbranched alkanes of at least 4 members (excludes halogenated alkanes) is 1. The molecule has 1 saturated heterocycles. The Morgan fingerprint density at radius 2 is 1.90 bits per heavy atom. The molecule has 1 aromatic heterocycles. The van der Waals surface area contributed by atoms with Gasteiger partial charge in [-0.3, -0.25) is 9.48 Å². The van der Waals surface area contributed by atoms with Crippen LogP contribution in [0.2, 0.25) is 0 Å². The number of aromatic nitrogens is 2. The molecule has 0 unspecified atom stereocenters. The minimum Gasteiger partial charge on any atom is -0.378 e. The number of rotatable bonds is 9. The van der Waals surface area contributed by atoms with Crippen molar-refractivity contribution in [2.75, 3.05) is 37.7 Å². The van der Waals surface area contributed by atoms with Gasteiger partial charge < -0.3 is 20.3 Å². The zero-order chi connectivity index (χ0) is 20.6. The van der Waals surface area contributed by atoms with Gasteiger partial charge in [-0.2, -0.15) is 5.10 Å². The van der Waals surface area contributed by atoms with Crippen LogP contribution in [0.15, 0.2) is 24.3 Å². The van der Waals surface area contributed by atoms with Gasteiger partial charge in [0.25, 0.3) is 5.91 Å². The average Bonchev–Trinajstić information content (AvgIpc) is 3.02. The number of nitrogens with one attached hydrogen (secondary N) is 2. The second kappa shape index (κ2) is 10.4. The van der Waals surface area contributed by atoms with Gasteiger partial charge in [0.1, 0.15) is 5.82 Å². The molecule has 7 heteroatoms. The quantitative estimate of drug-likeness (QED) is 0.634. The first-order valence-corrected chi connectivity index (χ1v) is 10.5. The lowest BCUT2D eigenvalue weighted by atomic mass is 10.1. The number of hydrogen-bond acceptors (Lipinski definition) is 5. The summed E-state index contributed by atoms with van der Waals surface area (Å²) in [5.74, 6) is 1.18.